The number of aliphatic imine (C=N–C) groups is 1. The van der Waals surface area contributed by atoms with Crippen LogP contribution in [0.5, 0.6) is 5.75 Å². The van der Waals surface area contributed by atoms with E-state index >= 15 is 4.39 Å². The van der Waals surface area contributed by atoms with E-state index in [9.17, 15) is 4.79 Å². The van der Waals surface area contributed by atoms with Crippen molar-refractivity contribution < 1.29 is 13.9 Å². The van der Waals surface area contributed by atoms with Gasteiger partial charge in [-0.05, 0) is 60.9 Å². The Balaban J connectivity index is 1.80. The van der Waals surface area contributed by atoms with Gasteiger partial charge in [-0.3, -0.25) is 4.79 Å². The monoisotopic (exact) mass is 448 g/mol. The Morgan fingerprint density at radius 1 is 1.24 bits per heavy atom. The number of ether oxygens (including phenoxy) is 2. The molecule has 170 valence electrons. The molecule has 1 aliphatic rings. The second-order valence-corrected chi connectivity index (χ2v) is 7.61. The van der Waals surface area contributed by atoms with Crippen molar-refractivity contribution in [2.24, 2.45) is 10.7 Å². The molecular weight excluding hydrogens is 423 g/mol. The fraction of sp³-hybridized carbons (Fsp3) is 0.240. The van der Waals surface area contributed by atoms with E-state index in [1.54, 1.807) is 18.2 Å². The number of nitrogens with zero attached hydrogens (tertiary/aromatic N) is 3. The Kier molecular flexibility index (Phi) is 6.95. The molecule has 2 heterocycles. The fourth-order valence-electron chi connectivity index (χ4n) is 3.80. The van der Waals surface area contributed by atoms with E-state index in [1.807, 2.05) is 24.3 Å². The molecule has 1 aromatic heterocycles. The highest BCUT2D eigenvalue weighted by atomic mass is 19.1. The van der Waals surface area contributed by atoms with Crippen LogP contribution in [0.4, 0.5) is 10.1 Å². The molecule has 0 aliphatic carbocycles. The van der Waals surface area contributed by atoms with Crippen molar-refractivity contribution in [2.45, 2.75) is 18.8 Å². The Morgan fingerprint density at radius 3 is 2.67 bits per heavy atom. The minimum absolute atomic E-state index is 0.00666. The van der Waals surface area contributed by atoms with Crippen LogP contribution in [0.1, 0.15) is 30.0 Å². The molecule has 0 bridgehead atoms. The first-order valence-electron chi connectivity index (χ1n) is 10.7. The largest absolute Gasteiger partial charge is 0.491 e. The number of nitrogens with two attached hydrogens (primary N) is 1. The molecule has 1 aliphatic heterocycles. The lowest BCUT2D eigenvalue weighted by Crippen LogP contribution is -2.23. The summed E-state index contributed by atoms with van der Waals surface area (Å²) in [6.07, 6.45) is 5.83. The van der Waals surface area contributed by atoms with Gasteiger partial charge in [0.2, 0.25) is 0 Å². The summed E-state index contributed by atoms with van der Waals surface area (Å²) in [6.45, 7) is 1.35. The number of aromatic nitrogens is 2. The zero-order valence-corrected chi connectivity index (χ0v) is 18.3. The van der Waals surface area contributed by atoms with Gasteiger partial charge in [-0.15, -0.1) is 0 Å². The Morgan fingerprint density at radius 2 is 2.00 bits per heavy atom. The highest BCUT2D eigenvalue weighted by molar-refractivity contribution is 6.08. The lowest BCUT2D eigenvalue weighted by molar-refractivity contribution is 0.0853. The maximum absolute atomic E-state index is 15.2. The van der Waals surface area contributed by atoms with Crippen molar-refractivity contribution in [3.8, 4) is 11.4 Å². The number of allylic oxidation sites excluding steroid dienone is 1. The first kappa shape index (κ1) is 22.4. The SMILES string of the molecule is COc1cn(-c2ccc(C3CCOCC3)cc2F)nc(C(C=CN)=Nc2ccccc2)c1=O. The van der Waals surface area contributed by atoms with Crippen LogP contribution in [0.15, 0.2) is 76.8 Å². The molecule has 8 heteroatoms. The van der Waals surface area contributed by atoms with Gasteiger partial charge in [0.05, 0.1) is 24.7 Å². The maximum atomic E-state index is 15.2. The van der Waals surface area contributed by atoms with Crippen LogP contribution < -0.4 is 15.9 Å². The van der Waals surface area contributed by atoms with E-state index in [4.69, 9.17) is 15.2 Å². The molecule has 0 radical (unpaired) electrons. The third-order valence-electron chi connectivity index (χ3n) is 5.52. The van der Waals surface area contributed by atoms with E-state index in [0.717, 1.165) is 18.4 Å². The Hall–Kier alpha value is -3.78. The molecule has 7 nitrogen and oxygen atoms in total. The molecule has 0 spiro atoms. The van der Waals surface area contributed by atoms with Crippen LogP contribution in [0.3, 0.4) is 0 Å². The molecule has 33 heavy (non-hydrogen) atoms. The van der Waals surface area contributed by atoms with Gasteiger partial charge in [0.25, 0.3) is 5.43 Å². The molecule has 0 amide bonds. The first-order valence-corrected chi connectivity index (χ1v) is 10.7. The van der Waals surface area contributed by atoms with Gasteiger partial charge >= 0.3 is 0 Å². The minimum atomic E-state index is -0.472. The van der Waals surface area contributed by atoms with Crippen molar-refractivity contribution in [3.05, 3.63) is 94.3 Å². The van der Waals surface area contributed by atoms with Crippen LogP contribution in [-0.4, -0.2) is 35.8 Å². The molecule has 2 N–H and O–H groups in total. The van der Waals surface area contributed by atoms with Crippen molar-refractivity contribution in [3.63, 3.8) is 0 Å². The lowest BCUT2D eigenvalue weighted by Gasteiger charge is -2.22. The standard InChI is InChI=1S/C25H25FN4O3/c1-32-23-16-30(22-8-7-18(15-20(22)26)17-10-13-33-14-11-17)29-24(25(23)31)21(9-12-27)28-19-5-3-2-4-6-19/h2-9,12,15-17H,10-11,13-14,27H2,1H3. The molecule has 2 aromatic carbocycles. The van der Waals surface area contributed by atoms with Gasteiger partial charge in [0, 0.05) is 13.2 Å². The number of hydrogen-bond donors (Lipinski definition) is 1. The number of halogens is 1. The summed E-state index contributed by atoms with van der Waals surface area (Å²) in [5.74, 6) is -0.174. The normalized spacial score (nSPS) is 15.2. The van der Waals surface area contributed by atoms with E-state index < -0.39 is 11.2 Å². The zero-order valence-electron chi connectivity index (χ0n) is 18.3. The smallest absolute Gasteiger partial charge is 0.251 e. The number of methoxy groups -OCH3 is 1. The van der Waals surface area contributed by atoms with Gasteiger partial charge < -0.3 is 15.2 Å². The summed E-state index contributed by atoms with van der Waals surface area (Å²) in [5, 5.41) is 4.40. The number of para-hydroxylation sites is 1. The highest BCUT2D eigenvalue weighted by Crippen LogP contribution is 2.29. The molecular formula is C25H25FN4O3. The number of rotatable bonds is 6. The predicted octanol–water partition coefficient (Wildman–Crippen LogP) is 3.87. The van der Waals surface area contributed by atoms with Crippen molar-refractivity contribution in [1.82, 2.24) is 9.78 Å². The van der Waals surface area contributed by atoms with Crippen molar-refractivity contribution in [2.75, 3.05) is 20.3 Å². The average molecular weight is 448 g/mol. The number of hydrogen-bond acceptors (Lipinski definition) is 6. The van der Waals surface area contributed by atoms with Gasteiger partial charge in [0.15, 0.2) is 11.4 Å². The second-order valence-electron chi connectivity index (χ2n) is 7.61. The lowest BCUT2D eigenvalue weighted by atomic mass is 9.91. The maximum Gasteiger partial charge on any atom is 0.251 e. The molecule has 1 fully saturated rings. The third kappa shape index (κ3) is 5.01. The fourth-order valence-corrected chi connectivity index (χ4v) is 3.80. The highest BCUT2D eigenvalue weighted by Gasteiger charge is 2.20. The van der Waals surface area contributed by atoms with Gasteiger partial charge in [-0.25, -0.2) is 14.1 Å². The van der Waals surface area contributed by atoms with Crippen LogP contribution in [-0.2, 0) is 4.74 Å². The van der Waals surface area contributed by atoms with Crippen LogP contribution in [0, 0.1) is 5.82 Å². The third-order valence-corrected chi connectivity index (χ3v) is 5.52. The van der Waals surface area contributed by atoms with Gasteiger partial charge in [-0.1, -0.05) is 24.3 Å². The zero-order chi connectivity index (χ0) is 23.2. The molecule has 1 saturated heterocycles. The van der Waals surface area contributed by atoms with Crippen molar-refractivity contribution >= 4 is 11.4 Å². The van der Waals surface area contributed by atoms with E-state index in [0.29, 0.717) is 18.9 Å². The second kappa shape index (κ2) is 10.2. The van der Waals surface area contributed by atoms with Crippen LogP contribution in [0.2, 0.25) is 0 Å². The molecule has 4 rings (SSSR count). The van der Waals surface area contributed by atoms with Crippen LogP contribution >= 0.6 is 0 Å². The molecule has 0 atom stereocenters. The average Bonchev–Trinajstić information content (AvgIpc) is 2.85. The quantitative estimate of drug-likeness (QED) is 0.578. The minimum Gasteiger partial charge on any atom is -0.491 e. The summed E-state index contributed by atoms with van der Waals surface area (Å²) in [5.41, 5.74) is 7.10. The summed E-state index contributed by atoms with van der Waals surface area (Å²) >= 11 is 0. The van der Waals surface area contributed by atoms with Crippen LogP contribution in [0.25, 0.3) is 5.69 Å². The van der Waals surface area contributed by atoms with E-state index in [-0.39, 0.29) is 28.8 Å². The van der Waals surface area contributed by atoms with Gasteiger partial charge in [-0.2, -0.15) is 5.10 Å². The summed E-state index contributed by atoms with van der Waals surface area (Å²) in [4.78, 5) is 17.5. The summed E-state index contributed by atoms with van der Waals surface area (Å²) < 4.78 is 27.1. The molecule has 0 saturated carbocycles. The van der Waals surface area contributed by atoms with E-state index in [1.165, 1.54) is 36.3 Å². The first-order chi connectivity index (χ1) is 16.1. The Bertz CT molecular complexity index is 1230. The molecule has 3 aromatic rings. The van der Waals surface area contributed by atoms with Gasteiger partial charge in [0.1, 0.15) is 11.5 Å². The topological polar surface area (TPSA) is 91.7 Å². The number of benzene rings is 2. The predicted molar refractivity (Wildman–Crippen MR) is 125 cm³/mol. The van der Waals surface area contributed by atoms with E-state index in [2.05, 4.69) is 10.1 Å². The Labute approximate surface area is 191 Å². The molecule has 0 unspecified atom stereocenters. The summed E-state index contributed by atoms with van der Waals surface area (Å²) in [7, 11) is 1.38. The summed E-state index contributed by atoms with van der Waals surface area (Å²) in [6, 6.07) is 14.2. The van der Waals surface area contributed by atoms with Crippen molar-refractivity contribution in [1.29, 1.82) is 0 Å².